The van der Waals surface area contributed by atoms with E-state index in [0.29, 0.717) is 6.54 Å². The lowest BCUT2D eigenvalue weighted by atomic mass is 10.4. The molecule has 2 rings (SSSR count). The minimum atomic E-state index is -0.0272. The highest BCUT2D eigenvalue weighted by Crippen LogP contribution is 2.27. The third-order valence-corrected chi connectivity index (χ3v) is 3.73. The van der Waals surface area contributed by atoms with Gasteiger partial charge in [-0.05, 0) is 11.4 Å². The van der Waals surface area contributed by atoms with E-state index in [1.807, 2.05) is 22.9 Å². The van der Waals surface area contributed by atoms with Gasteiger partial charge in [-0.1, -0.05) is 6.07 Å². The Morgan fingerprint density at radius 2 is 2.40 bits per heavy atom. The SMILES string of the molecule is CC(=O)NCc1csc(-c2cccs2)n1. The summed E-state index contributed by atoms with van der Waals surface area (Å²) in [6.07, 6.45) is 0. The highest BCUT2D eigenvalue weighted by molar-refractivity contribution is 7.20. The van der Waals surface area contributed by atoms with Crippen LogP contribution < -0.4 is 5.32 Å². The van der Waals surface area contributed by atoms with E-state index in [1.54, 1.807) is 22.7 Å². The van der Waals surface area contributed by atoms with Gasteiger partial charge in [-0.2, -0.15) is 0 Å². The second kappa shape index (κ2) is 4.55. The van der Waals surface area contributed by atoms with Crippen molar-refractivity contribution in [1.29, 1.82) is 0 Å². The summed E-state index contributed by atoms with van der Waals surface area (Å²) < 4.78 is 0. The van der Waals surface area contributed by atoms with Crippen LogP contribution in [-0.2, 0) is 11.3 Å². The number of hydrogen-bond acceptors (Lipinski definition) is 4. The maximum Gasteiger partial charge on any atom is 0.217 e. The Kier molecular flexibility index (Phi) is 3.13. The number of carbonyl (C=O) groups excluding carboxylic acids is 1. The van der Waals surface area contributed by atoms with Crippen molar-refractivity contribution in [2.75, 3.05) is 0 Å². The van der Waals surface area contributed by atoms with Gasteiger partial charge < -0.3 is 5.32 Å². The second-order valence-electron chi connectivity index (χ2n) is 3.03. The van der Waals surface area contributed by atoms with Crippen molar-refractivity contribution in [3.8, 4) is 9.88 Å². The van der Waals surface area contributed by atoms with E-state index in [4.69, 9.17) is 0 Å². The Labute approximate surface area is 95.8 Å². The molecule has 0 unspecified atom stereocenters. The first-order valence-electron chi connectivity index (χ1n) is 4.48. The molecule has 3 nitrogen and oxygen atoms in total. The molecule has 0 aromatic carbocycles. The van der Waals surface area contributed by atoms with Gasteiger partial charge in [0.1, 0.15) is 5.01 Å². The van der Waals surface area contributed by atoms with Gasteiger partial charge in [-0.25, -0.2) is 4.98 Å². The second-order valence-corrected chi connectivity index (χ2v) is 4.84. The van der Waals surface area contributed by atoms with Crippen LogP contribution in [0.5, 0.6) is 0 Å². The third-order valence-electron chi connectivity index (χ3n) is 1.80. The van der Waals surface area contributed by atoms with E-state index in [-0.39, 0.29) is 5.91 Å². The highest BCUT2D eigenvalue weighted by atomic mass is 32.1. The molecular formula is C10H10N2OS2. The first-order chi connectivity index (χ1) is 7.25. The summed E-state index contributed by atoms with van der Waals surface area (Å²) in [4.78, 5) is 16.3. The van der Waals surface area contributed by atoms with E-state index < -0.39 is 0 Å². The van der Waals surface area contributed by atoms with Crippen molar-refractivity contribution < 1.29 is 4.79 Å². The molecule has 2 aromatic heterocycles. The van der Waals surface area contributed by atoms with Crippen molar-refractivity contribution in [3.63, 3.8) is 0 Å². The van der Waals surface area contributed by atoms with Crippen LogP contribution in [-0.4, -0.2) is 10.9 Å². The van der Waals surface area contributed by atoms with Crippen molar-refractivity contribution in [2.45, 2.75) is 13.5 Å². The van der Waals surface area contributed by atoms with Crippen LogP contribution in [0.15, 0.2) is 22.9 Å². The zero-order valence-corrected chi connectivity index (χ0v) is 9.82. The van der Waals surface area contributed by atoms with Gasteiger partial charge in [0.2, 0.25) is 5.91 Å². The van der Waals surface area contributed by atoms with Gasteiger partial charge in [0, 0.05) is 12.3 Å². The largest absolute Gasteiger partial charge is 0.351 e. The highest BCUT2D eigenvalue weighted by Gasteiger charge is 2.05. The maximum atomic E-state index is 10.7. The number of hydrogen-bond donors (Lipinski definition) is 1. The fourth-order valence-electron chi connectivity index (χ4n) is 1.12. The number of thiophene rings is 1. The minimum Gasteiger partial charge on any atom is -0.351 e. The normalized spacial score (nSPS) is 10.2. The number of aromatic nitrogens is 1. The Bertz CT molecular complexity index is 448. The molecule has 0 fully saturated rings. The standard InChI is InChI=1S/C10H10N2OS2/c1-7(13)11-5-8-6-15-10(12-8)9-3-2-4-14-9/h2-4,6H,5H2,1H3,(H,11,13). The Morgan fingerprint density at radius 1 is 1.53 bits per heavy atom. The average Bonchev–Trinajstić information content (AvgIpc) is 2.85. The Balaban J connectivity index is 2.08. The lowest BCUT2D eigenvalue weighted by molar-refractivity contribution is -0.119. The number of thiazole rings is 1. The van der Waals surface area contributed by atoms with Crippen molar-refractivity contribution >= 4 is 28.6 Å². The summed E-state index contributed by atoms with van der Waals surface area (Å²) in [5, 5.41) is 7.76. The van der Waals surface area contributed by atoms with Gasteiger partial charge in [0.15, 0.2) is 0 Å². The van der Waals surface area contributed by atoms with Crippen LogP contribution in [0.4, 0.5) is 0 Å². The van der Waals surface area contributed by atoms with Crippen molar-refractivity contribution in [2.24, 2.45) is 0 Å². The molecule has 0 spiro atoms. The van der Waals surface area contributed by atoms with Crippen molar-refractivity contribution in [1.82, 2.24) is 10.3 Å². The molecule has 5 heteroatoms. The monoisotopic (exact) mass is 238 g/mol. The zero-order chi connectivity index (χ0) is 10.7. The lowest BCUT2D eigenvalue weighted by Crippen LogP contribution is -2.18. The fourth-order valence-corrected chi connectivity index (χ4v) is 2.75. The fraction of sp³-hybridized carbons (Fsp3) is 0.200. The minimum absolute atomic E-state index is 0.0272. The molecule has 0 aliphatic rings. The van der Waals surface area contributed by atoms with Crippen molar-refractivity contribution in [3.05, 3.63) is 28.6 Å². The summed E-state index contributed by atoms with van der Waals surface area (Å²) in [6, 6.07) is 4.06. The first kappa shape index (κ1) is 10.3. The molecule has 0 radical (unpaired) electrons. The Hall–Kier alpha value is -1.20. The average molecular weight is 238 g/mol. The smallest absolute Gasteiger partial charge is 0.217 e. The van der Waals surface area contributed by atoms with E-state index >= 15 is 0 Å². The van der Waals surface area contributed by atoms with Crippen LogP contribution in [0.2, 0.25) is 0 Å². The topological polar surface area (TPSA) is 42.0 Å². The van der Waals surface area contributed by atoms with E-state index in [9.17, 15) is 4.79 Å². The molecule has 0 saturated heterocycles. The first-order valence-corrected chi connectivity index (χ1v) is 6.24. The van der Waals surface area contributed by atoms with Gasteiger partial charge in [0.05, 0.1) is 17.1 Å². The lowest BCUT2D eigenvalue weighted by Gasteiger charge is -1.96. The Morgan fingerprint density at radius 3 is 3.07 bits per heavy atom. The predicted octanol–water partition coefficient (Wildman–Crippen LogP) is 2.51. The van der Waals surface area contributed by atoms with E-state index in [1.165, 1.54) is 11.8 Å². The van der Waals surface area contributed by atoms with Gasteiger partial charge in [-0.3, -0.25) is 4.79 Å². The number of carbonyl (C=O) groups is 1. The van der Waals surface area contributed by atoms with Gasteiger partial charge in [0.25, 0.3) is 0 Å². The number of rotatable bonds is 3. The number of amides is 1. The van der Waals surface area contributed by atoms with Crippen LogP contribution >= 0.6 is 22.7 Å². The molecule has 15 heavy (non-hydrogen) atoms. The van der Waals surface area contributed by atoms with Gasteiger partial charge in [-0.15, -0.1) is 22.7 Å². The molecule has 0 atom stereocenters. The number of nitrogens with zero attached hydrogens (tertiary/aromatic N) is 1. The summed E-state index contributed by atoms with van der Waals surface area (Å²) in [5.74, 6) is -0.0272. The van der Waals surface area contributed by atoms with Crippen LogP contribution in [0.25, 0.3) is 9.88 Å². The van der Waals surface area contributed by atoms with Gasteiger partial charge >= 0.3 is 0 Å². The summed E-state index contributed by atoms with van der Waals surface area (Å²) in [5.41, 5.74) is 0.915. The third kappa shape index (κ3) is 2.64. The van der Waals surface area contributed by atoms with Crippen LogP contribution in [0.1, 0.15) is 12.6 Å². The predicted molar refractivity (Wildman–Crippen MR) is 62.9 cm³/mol. The quantitative estimate of drug-likeness (QED) is 0.892. The summed E-state index contributed by atoms with van der Waals surface area (Å²) in [7, 11) is 0. The molecule has 0 bridgehead atoms. The molecule has 2 aromatic rings. The molecular weight excluding hydrogens is 228 g/mol. The zero-order valence-electron chi connectivity index (χ0n) is 8.19. The maximum absolute atomic E-state index is 10.7. The molecule has 2 heterocycles. The van der Waals surface area contributed by atoms with Crippen LogP contribution in [0.3, 0.4) is 0 Å². The molecule has 78 valence electrons. The van der Waals surface area contributed by atoms with E-state index in [2.05, 4.69) is 10.3 Å². The molecule has 1 amide bonds. The van der Waals surface area contributed by atoms with E-state index in [0.717, 1.165) is 10.7 Å². The van der Waals surface area contributed by atoms with Crippen LogP contribution in [0, 0.1) is 0 Å². The molecule has 0 saturated carbocycles. The molecule has 0 aliphatic heterocycles. The molecule has 1 N–H and O–H groups in total. The molecule has 0 aliphatic carbocycles. The number of nitrogens with one attached hydrogen (secondary N) is 1. The summed E-state index contributed by atoms with van der Waals surface area (Å²) in [6.45, 7) is 2.02. The summed E-state index contributed by atoms with van der Waals surface area (Å²) >= 11 is 3.28.